The molecular weight excluding hydrogens is 223 g/mol. The number of unbranched alkanes of at least 4 members (excludes halogenated alkanes) is 1. The lowest BCUT2D eigenvalue weighted by Gasteiger charge is -2.09. The average Bonchev–Trinajstić information content (AvgIpc) is 1.97. The highest BCUT2D eigenvalue weighted by Crippen LogP contribution is 2.24. The van der Waals surface area contributed by atoms with Gasteiger partial charge in [-0.15, -0.1) is 0 Å². The van der Waals surface area contributed by atoms with Crippen molar-refractivity contribution in [2.45, 2.75) is 37.9 Å². The summed E-state index contributed by atoms with van der Waals surface area (Å²) in [6.07, 6.45) is -0.0854. The second kappa shape index (κ2) is 5.09. The van der Waals surface area contributed by atoms with Crippen molar-refractivity contribution in [3.05, 3.63) is 0 Å². The van der Waals surface area contributed by atoms with E-state index >= 15 is 0 Å². The van der Waals surface area contributed by atoms with Crippen molar-refractivity contribution >= 4 is 17.8 Å². The highest BCUT2D eigenvalue weighted by molar-refractivity contribution is 6.66. The zero-order chi connectivity index (χ0) is 10.5. The molecule has 0 N–H and O–H groups in total. The topological polar surface area (TPSA) is 0 Å². The van der Waals surface area contributed by atoms with Crippen LogP contribution in [0.2, 0.25) is 18.1 Å². The van der Waals surface area contributed by atoms with Gasteiger partial charge in [0.1, 0.15) is 0 Å². The van der Waals surface area contributed by atoms with E-state index in [-0.39, 0.29) is 24.9 Å². The van der Waals surface area contributed by atoms with Crippen LogP contribution in [0.4, 0.5) is 20.5 Å². The Labute approximate surface area is 77.0 Å². The van der Waals surface area contributed by atoms with Gasteiger partial charge in [0.05, 0.1) is 0 Å². The van der Waals surface area contributed by atoms with Crippen LogP contribution in [0.1, 0.15) is 19.8 Å². The number of hydrogen-bond donors (Lipinski definition) is 0. The molecule has 0 nitrogen and oxygen atoms in total. The summed E-state index contributed by atoms with van der Waals surface area (Å²) in [5, 5.41) is 0. The molecule has 0 bridgehead atoms. The van der Waals surface area contributed by atoms with E-state index in [0.717, 1.165) is 0 Å². The predicted octanol–water partition coefficient (Wildman–Crippen LogP) is 4.02. The normalized spacial score (nSPS) is 13.4. The van der Waals surface area contributed by atoms with Gasteiger partial charge in [-0.25, -0.2) is 12.3 Å². The van der Waals surface area contributed by atoms with Gasteiger partial charge in [0, 0.05) is 6.04 Å². The predicted molar refractivity (Wildman–Crippen MR) is 46.4 cm³/mol. The van der Waals surface area contributed by atoms with Crippen molar-refractivity contribution in [1.82, 2.24) is 0 Å². The van der Waals surface area contributed by atoms with Gasteiger partial charge in [0.15, 0.2) is 0 Å². The fourth-order valence-electron chi connectivity index (χ4n) is 0.886. The SMILES string of the molecule is CC[Si](F)(F)CCCC[Si](F)(F)F. The minimum Gasteiger partial charge on any atom is -0.270 e. The molecule has 0 aliphatic heterocycles. The second-order valence-corrected chi connectivity index (χ2v) is 7.68. The first kappa shape index (κ1) is 13.1. The van der Waals surface area contributed by atoms with Gasteiger partial charge in [-0.3, -0.25) is 8.22 Å². The summed E-state index contributed by atoms with van der Waals surface area (Å²) in [6, 6.07) is -1.24. The van der Waals surface area contributed by atoms with E-state index < -0.39 is 23.9 Å². The summed E-state index contributed by atoms with van der Waals surface area (Å²) < 4.78 is 60.4. The van der Waals surface area contributed by atoms with Crippen LogP contribution in [0.5, 0.6) is 0 Å². The Morgan fingerprint density at radius 2 is 1.31 bits per heavy atom. The molecular formula is C6H13F5Si2. The molecule has 0 radical (unpaired) electrons. The van der Waals surface area contributed by atoms with E-state index in [0.29, 0.717) is 0 Å². The van der Waals surface area contributed by atoms with E-state index in [1.807, 2.05) is 0 Å². The fourth-order valence-corrected chi connectivity index (χ4v) is 2.66. The molecule has 0 aromatic carbocycles. The highest BCUT2D eigenvalue weighted by atomic mass is 28.5. The molecule has 0 spiro atoms. The molecule has 0 heterocycles. The molecule has 0 unspecified atom stereocenters. The molecule has 0 aromatic rings. The van der Waals surface area contributed by atoms with Crippen LogP contribution in [0.15, 0.2) is 0 Å². The number of halogens is 5. The third-order valence-corrected chi connectivity index (χ3v) is 4.81. The van der Waals surface area contributed by atoms with Gasteiger partial charge >= 0.3 is 17.8 Å². The average molecular weight is 236 g/mol. The van der Waals surface area contributed by atoms with Crippen molar-refractivity contribution in [1.29, 1.82) is 0 Å². The van der Waals surface area contributed by atoms with Crippen molar-refractivity contribution in [2.75, 3.05) is 0 Å². The Bertz CT molecular complexity index is 144. The largest absolute Gasteiger partial charge is 0.616 e. The summed E-state index contributed by atoms with van der Waals surface area (Å²) in [6.45, 7) is 1.39. The van der Waals surface area contributed by atoms with E-state index in [9.17, 15) is 20.5 Å². The maximum Gasteiger partial charge on any atom is 0.616 e. The fraction of sp³-hybridized carbons (Fsp3) is 1.00. The maximum atomic E-state index is 12.6. The summed E-state index contributed by atoms with van der Waals surface area (Å²) >= 11 is 0. The Hall–Kier alpha value is 0.0838. The van der Waals surface area contributed by atoms with Gasteiger partial charge in [-0.05, 0) is 18.5 Å². The highest BCUT2D eigenvalue weighted by Gasteiger charge is 2.37. The maximum absolute atomic E-state index is 12.6. The molecule has 80 valence electrons. The van der Waals surface area contributed by atoms with Crippen LogP contribution < -0.4 is 0 Å². The molecule has 0 saturated carbocycles. The Morgan fingerprint density at radius 3 is 1.69 bits per heavy atom. The molecule has 7 heteroatoms. The van der Waals surface area contributed by atoms with Gasteiger partial charge in [-0.1, -0.05) is 13.3 Å². The molecule has 0 aromatic heterocycles. The lowest BCUT2D eigenvalue weighted by molar-refractivity contribution is 0.461. The standard InChI is InChI=1S/C6H13F5Si2/c1-2-12(7,8)5-3-4-6-13(9,10)11/h2-6H2,1H3. The summed E-state index contributed by atoms with van der Waals surface area (Å²) in [5.41, 5.74) is 0. The van der Waals surface area contributed by atoms with Crippen LogP contribution in [-0.4, -0.2) is 17.8 Å². The van der Waals surface area contributed by atoms with E-state index in [1.165, 1.54) is 6.92 Å². The lowest BCUT2D eigenvalue weighted by Crippen LogP contribution is -2.20. The van der Waals surface area contributed by atoms with E-state index in [1.54, 1.807) is 0 Å². The molecule has 0 aliphatic carbocycles. The third-order valence-electron chi connectivity index (χ3n) is 1.77. The van der Waals surface area contributed by atoms with Crippen molar-refractivity contribution < 1.29 is 20.5 Å². The number of hydrogen-bond acceptors (Lipinski definition) is 0. The Morgan fingerprint density at radius 1 is 0.846 bits per heavy atom. The smallest absolute Gasteiger partial charge is 0.270 e. The van der Waals surface area contributed by atoms with Crippen LogP contribution in [-0.2, 0) is 0 Å². The van der Waals surface area contributed by atoms with Crippen LogP contribution >= 0.6 is 0 Å². The zero-order valence-corrected chi connectivity index (χ0v) is 9.43. The second-order valence-electron chi connectivity index (χ2n) is 3.03. The Balaban J connectivity index is 3.47. The van der Waals surface area contributed by atoms with Gasteiger partial charge in [-0.2, -0.15) is 0 Å². The minimum atomic E-state index is -5.49. The first-order valence-corrected chi connectivity index (χ1v) is 8.22. The lowest BCUT2D eigenvalue weighted by atomic mass is 10.4. The van der Waals surface area contributed by atoms with Crippen molar-refractivity contribution in [2.24, 2.45) is 0 Å². The minimum absolute atomic E-state index is 0.0274. The van der Waals surface area contributed by atoms with E-state index in [2.05, 4.69) is 0 Å². The van der Waals surface area contributed by atoms with Crippen LogP contribution in [0.3, 0.4) is 0 Å². The molecule has 0 rings (SSSR count). The third kappa shape index (κ3) is 8.41. The van der Waals surface area contributed by atoms with Gasteiger partial charge in [0.25, 0.3) is 0 Å². The molecule has 13 heavy (non-hydrogen) atoms. The molecule has 0 atom stereocenters. The van der Waals surface area contributed by atoms with Crippen LogP contribution in [0, 0.1) is 0 Å². The Kier molecular flexibility index (Phi) is 5.12. The van der Waals surface area contributed by atoms with Gasteiger partial charge < -0.3 is 0 Å². The first-order valence-electron chi connectivity index (χ1n) is 4.21. The molecule has 0 aliphatic rings. The van der Waals surface area contributed by atoms with Crippen molar-refractivity contribution in [3.63, 3.8) is 0 Å². The number of rotatable bonds is 6. The zero-order valence-electron chi connectivity index (χ0n) is 7.43. The summed E-state index contributed by atoms with van der Waals surface area (Å²) in [4.78, 5) is 0. The summed E-state index contributed by atoms with van der Waals surface area (Å²) in [5.74, 6) is 0. The molecule has 0 amide bonds. The van der Waals surface area contributed by atoms with Gasteiger partial charge in [0.2, 0.25) is 0 Å². The first-order chi connectivity index (χ1) is 5.77. The van der Waals surface area contributed by atoms with Crippen LogP contribution in [0.25, 0.3) is 0 Å². The summed E-state index contributed by atoms with van der Waals surface area (Å²) in [7, 11) is -9.62. The van der Waals surface area contributed by atoms with Crippen molar-refractivity contribution in [3.8, 4) is 0 Å². The molecule has 0 saturated heterocycles. The monoisotopic (exact) mass is 236 g/mol. The van der Waals surface area contributed by atoms with E-state index in [4.69, 9.17) is 0 Å². The molecule has 0 fully saturated rings. The quantitative estimate of drug-likeness (QED) is 0.283.